The van der Waals surface area contributed by atoms with Crippen molar-refractivity contribution in [3.63, 3.8) is 0 Å². The molecule has 2 aromatic carbocycles. The van der Waals surface area contributed by atoms with Gasteiger partial charge in [0.15, 0.2) is 0 Å². The number of hydrogen-bond donors (Lipinski definition) is 2. The third-order valence-corrected chi connectivity index (χ3v) is 3.89. The van der Waals surface area contributed by atoms with E-state index in [2.05, 4.69) is 10.3 Å². The highest BCUT2D eigenvalue weighted by Gasteiger charge is 2.15. The minimum atomic E-state index is -0.314. The van der Waals surface area contributed by atoms with Gasteiger partial charge in [0.2, 0.25) is 0 Å². The zero-order valence-corrected chi connectivity index (χ0v) is 13.3. The fourth-order valence-electron chi connectivity index (χ4n) is 2.56. The number of benzene rings is 2. The number of hydrogen-bond acceptors (Lipinski definition) is 2. The first-order valence-electron chi connectivity index (χ1n) is 7.32. The highest BCUT2D eigenvalue weighted by atomic mass is 19.1. The maximum Gasteiger partial charge on any atom is 0.272 e. The molecule has 1 heterocycles. The van der Waals surface area contributed by atoms with Crippen molar-refractivity contribution >= 4 is 28.2 Å². The Bertz CT molecular complexity index is 866. The number of rotatable bonds is 3. The molecule has 118 valence electrons. The molecule has 0 spiro atoms. The molecule has 0 fully saturated rings. The molecule has 0 aliphatic heterocycles. The quantitative estimate of drug-likeness (QED) is 0.770. The molecule has 4 nitrogen and oxygen atoms in total. The van der Waals surface area contributed by atoms with E-state index in [1.54, 1.807) is 6.07 Å². The molecule has 1 amide bonds. The summed E-state index contributed by atoms with van der Waals surface area (Å²) in [5, 5.41) is 3.58. The lowest BCUT2D eigenvalue weighted by Crippen LogP contribution is -2.14. The van der Waals surface area contributed by atoms with Gasteiger partial charge in [0.05, 0.1) is 0 Å². The smallest absolute Gasteiger partial charge is 0.272 e. The van der Waals surface area contributed by atoms with Gasteiger partial charge in [-0.1, -0.05) is 0 Å². The lowest BCUT2D eigenvalue weighted by Gasteiger charge is -2.13. The number of H-pyrrole nitrogens is 1. The highest BCUT2D eigenvalue weighted by Crippen LogP contribution is 2.24. The monoisotopic (exact) mass is 311 g/mol. The summed E-state index contributed by atoms with van der Waals surface area (Å²) in [6, 6.07) is 12.0. The number of nitrogens with one attached hydrogen (secondary N) is 2. The Morgan fingerprint density at radius 2 is 1.83 bits per heavy atom. The maximum absolute atomic E-state index is 13.4. The molecule has 23 heavy (non-hydrogen) atoms. The first kappa shape index (κ1) is 15.1. The van der Waals surface area contributed by atoms with E-state index < -0.39 is 0 Å². The zero-order chi connectivity index (χ0) is 16.6. The predicted molar refractivity (Wildman–Crippen MR) is 91.7 cm³/mol. The summed E-state index contributed by atoms with van der Waals surface area (Å²) in [6.07, 6.45) is 0. The molecule has 0 aliphatic rings. The third-order valence-electron chi connectivity index (χ3n) is 3.89. The van der Waals surface area contributed by atoms with Gasteiger partial charge in [-0.3, -0.25) is 4.79 Å². The standard InChI is InChI=1S/C18H18FN3O/c1-11-15-10-12(19)4-9-16(15)21-17(11)18(23)20-13-5-7-14(8-6-13)22(2)3/h4-10,21H,1-3H3,(H,20,23). The number of nitrogens with zero attached hydrogens (tertiary/aromatic N) is 1. The molecule has 0 radical (unpaired) electrons. The summed E-state index contributed by atoms with van der Waals surface area (Å²) in [5.74, 6) is -0.553. The molecule has 2 N–H and O–H groups in total. The summed E-state index contributed by atoms with van der Waals surface area (Å²) >= 11 is 0. The summed E-state index contributed by atoms with van der Waals surface area (Å²) in [5.41, 5.74) is 3.70. The van der Waals surface area contributed by atoms with Gasteiger partial charge in [-0.15, -0.1) is 0 Å². The van der Waals surface area contributed by atoms with E-state index in [4.69, 9.17) is 0 Å². The molecule has 3 aromatic rings. The molecular formula is C18H18FN3O. The molecular weight excluding hydrogens is 293 g/mol. The second-order valence-electron chi connectivity index (χ2n) is 5.71. The number of anilines is 2. The van der Waals surface area contributed by atoms with Crippen LogP contribution in [0.3, 0.4) is 0 Å². The first-order valence-corrected chi connectivity index (χ1v) is 7.32. The number of halogens is 1. The van der Waals surface area contributed by atoms with E-state index in [-0.39, 0.29) is 11.7 Å². The first-order chi connectivity index (χ1) is 11.0. The van der Waals surface area contributed by atoms with Crippen LogP contribution in [-0.4, -0.2) is 25.0 Å². The predicted octanol–water partition coefficient (Wildman–Crippen LogP) is 3.93. The fourth-order valence-corrected chi connectivity index (χ4v) is 2.56. The van der Waals surface area contributed by atoms with Crippen molar-refractivity contribution < 1.29 is 9.18 Å². The number of aromatic nitrogens is 1. The minimum absolute atomic E-state index is 0.239. The van der Waals surface area contributed by atoms with Crippen LogP contribution in [0.2, 0.25) is 0 Å². The third kappa shape index (κ3) is 2.90. The van der Waals surface area contributed by atoms with Gasteiger partial charge >= 0.3 is 0 Å². The van der Waals surface area contributed by atoms with Crippen molar-refractivity contribution in [1.29, 1.82) is 0 Å². The molecule has 3 rings (SSSR count). The molecule has 0 unspecified atom stereocenters. The van der Waals surface area contributed by atoms with E-state index in [1.165, 1.54) is 12.1 Å². The van der Waals surface area contributed by atoms with Crippen molar-refractivity contribution in [3.8, 4) is 0 Å². The van der Waals surface area contributed by atoms with Crippen molar-refractivity contribution in [2.75, 3.05) is 24.3 Å². The second kappa shape index (κ2) is 5.76. The largest absolute Gasteiger partial charge is 0.378 e. The topological polar surface area (TPSA) is 48.1 Å². The van der Waals surface area contributed by atoms with E-state index in [0.29, 0.717) is 11.4 Å². The van der Waals surface area contributed by atoms with Crippen molar-refractivity contribution in [1.82, 2.24) is 4.98 Å². The Labute approximate surface area is 133 Å². The van der Waals surface area contributed by atoms with Gasteiger partial charge in [-0.25, -0.2) is 4.39 Å². The van der Waals surface area contributed by atoms with Gasteiger partial charge in [0, 0.05) is 36.4 Å². The maximum atomic E-state index is 13.4. The van der Waals surface area contributed by atoms with Gasteiger partial charge in [0.1, 0.15) is 11.5 Å². The number of carbonyl (C=O) groups is 1. The van der Waals surface area contributed by atoms with Crippen LogP contribution in [0.4, 0.5) is 15.8 Å². The van der Waals surface area contributed by atoms with E-state index >= 15 is 0 Å². The Balaban J connectivity index is 1.87. The SMILES string of the molecule is Cc1c(C(=O)Nc2ccc(N(C)C)cc2)[nH]c2ccc(F)cc12. The average molecular weight is 311 g/mol. The normalized spacial score (nSPS) is 10.8. The van der Waals surface area contributed by atoms with E-state index in [0.717, 1.165) is 22.2 Å². The van der Waals surface area contributed by atoms with Crippen LogP contribution in [0.15, 0.2) is 42.5 Å². The molecule has 0 aliphatic carbocycles. The molecule has 1 aromatic heterocycles. The lowest BCUT2D eigenvalue weighted by atomic mass is 10.1. The van der Waals surface area contributed by atoms with Gasteiger partial charge < -0.3 is 15.2 Å². The molecule has 5 heteroatoms. The van der Waals surface area contributed by atoms with Gasteiger partial charge in [-0.05, 0) is 55.0 Å². The summed E-state index contributed by atoms with van der Waals surface area (Å²) in [7, 11) is 3.92. The van der Waals surface area contributed by atoms with Crippen LogP contribution >= 0.6 is 0 Å². The number of amides is 1. The van der Waals surface area contributed by atoms with Crippen molar-refractivity contribution in [2.45, 2.75) is 6.92 Å². The van der Waals surface area contributed by atoms with E-state index in [1.807, 2.05) is 50.2 Å². The van der Waals surface area contributed by atoms with Crippen LogP contribution in [0.1, 0.15) is 16.1 Å². The fraction of sp³-hybridized carbons (Fsp3) is 0.167. The van der Waals surface area contributed by atoms with Crippen LogP contribution < -0.4 is 10.2 Å². The van der Waals surface area contributed by atoms with E-state index in [9.17, 15) is 9.18 Å². The average Bonchev–Trinajstić information content (AvgIpc) is 2.85. The Kier molecular flexibility index (Phi) is 3.78. The number of aromatic amines is 1. The highest BCUT2D eigenvalue weighted by molar-refractivity contribution is 6.07. The lowest BCUT2D eigenvalue weighted by molar-refractivity contribution is 0.102. The summed E-state index contributed by atoms with van der Waals surface area (Å²) in [6.45, 7) is 1.81. The zero-order valence-electron chi connectivity index (χ0n) is 13.3. The minimum Gasteiger partial charge on any atom is -0.378 e. The molecule has 0 saturated carbocycles. The molecule has 0 bridgehead atoms. The van der Waals surface area contributed by atoms with Crippen LogP contribution in [0.5, 0.6) is 0 Å². The number of fused-ring (bicyclic) bond motifs is 1. The van der Waals surface area contributed by atoms with Gasteiger partial charge in [0.25, 0.3) is 5.91 Å². The Morgan fingerprint density at radius 3 is 2.48 bits per heavy atom. The molecule has 0 atom stereocenters. The van der Waals surface area contributed by atoms with Crippen LogP contribution in [0, 0.1) is 12.7 Å². The Hall–Kier alpha value is -2.82. The van der Waals surface area contributed by atoms with Gasteiger partial charge in [-0.2, -0.15) is 0 Å². The Morgan fingerprint density at radius 1 is 1.13 bits per heavy atom. The van der Waals surface area contributed by atoms with Crippen LogP contribution in [-0.2, 0) is 0 Å². The van der Waals surface area contributed by atoms with Crippen molar-refractivity contribution in [3.05, 3.63) is 59.5 Å². The number of aryl methyl sites for hydroxylation is 1. The van der Waals surface area contributed by atoms with Crippen molar-refractivity contribution in [2.24, 2.45) is 0 Å². The molecule has 0 saturated heterocycles. The summed E-state index contributed by atoms with van der Waals surface area (Å²) < 4.78 is 13.4. The van der Waals surface area contributed by atoms with Crippen LogP contribution in [0.25, 0.3) is 10.9 Å². The number of carbonyl (C=O) groups excluding carboxylic acids is 1. The second-order valence-corrected chi connectivity index (χ2v) is 5.71. The summed E-state index contributed by atoms with van der Waals surface area (Å²) in [4.78, 5) is 17.5.